The third kappa shape index (κ3) is 3.94. The van der Waals surface area contributed by atoms with Crippen LogP contribution in [0.4, 0.5) is 22.7 Å². The molecule has 0 aromatic heterocycles. The van der Waals surface area contributed by atoms with Gasteiger partial charge in [0.25, 0.3) is 0 Å². The molecule has 0 saturated carbocycles. The van der Waals surface area contributed by atoms with Crippen LogP contribution < -0.4 is 15.4 Å². The maximum atomic E-state index is 6.33. The van der Waals surface area contributed by atoms with Gasteiger partial charge in [-0.05, 0) is 60.0 Å². The van der Waals surface area contributed by atoms with Crippen LogP contribution in [0, 0.1) is 0 Å². The fraction of sp³-hybridized carbons (Fsp3) is 0. The third-order valence-electron chi connectivity index (χ3n) is 5.20. The highest BCUT2D eigenvalue weighted by molar-refractivity contribution is 5.94. The molecule has 5 aromatic carbocycles. The van der Waals surface area contributed by atoms with Gasteiger partial charge in [0.15, 0.2) is 0 Å². The van der Waals surface area contributed by atoms with Crippen LogP contribution in [0.2, 0.25) is 0 Å². The summed E-state index contributed by atoms with van der Waals surface area (Å²) in [4.78, 5) is 2.24. The van der Waals surface area contributed by atoms with Crippen LogP contribution in [0.25, 0.3) is 10.8 Å². The van der Waals surface area contributed by atoms with Gasteiger partial charge in [0.05, 0.1) is 5.69 Å². The van der Waals surface area contributed by atoms with Gasteiger partial charge in [0.2, 0.25) is 0 Å². The normalized spacial score (nSPS) is 10.7. The highest BCUT2D eigenvalue weighted by Crippen LogP contribution is 2.40. The van der Waals surface area contributed by atoms with Gasteiger partial charge in [-0.3, -0.25) is 0 Å². The van der Waals surface area contributed by atoms with Crippen molar-refractivity contribution >= 4 is 33.5 Å². The molecule has 0 aliphatic carbocycles. The summed E-state index contributed by atoms with van der Waals surface area (Å²) < 4.78 is 6.33. The Bertz CT molecular complexity index is 1260. The van der Waals surface area contributed by atoms with Crippen LogP contribution in [-0.2, 0) is 0 Å². The van der Waals surface area contributed by atoms with E-state index in [2.05, 4.69) is 83.8 Å². The smallest absolute Gasteiger partial charge is 0.137 e. The van der Waals surface area contributed by atoms with Gasteiger partial charge in [-0.1, -0.05) is 60.7 Å². The van der Waals surface area contributed by atoms with Gasteiger partial charge in [0, 0.05) is 28.5 Å². The van der Waals surface area contributed by atoms with Crippen molar-refractivity contribution in [1.82, 2.24) is 0 Å². The van der Waals surface area contributed by atoms with Crippen molar-refractivity contribution in [3.05, 3.63) is 121 Å². The molecule has 0 bridgehead atoms. The van der Waals surface area contributed by atoms with E-state index in [0.29, 0.717) is 5.69 Å². The standard InChI is InChI=1S/C28H22N2O/c29-22-15-17-26(18-16-22)31-28-20-25(19-21-9-7-8-14-27(21)28)30(23-10-3-1-4-11-23)24-12-5-2-6-13-24/h1-20H,29H2. The molecule has 0 aliphatic rings. The molecule has 3 nitrogen and oxygen atoms in total. The molecular weight excluding hydrogens is 380 g/mol. The second kappa shape index (κ2) is 8.25. The summed E-state index contributed by atoms with van der Waals surface area (Å²) in [5.41, 5.74) is 9.75. The van der Waals surface area contributed by atoms with Gasteiger partial charge >= 0.3 is 0 Å². The fourth-order valence-electron chi connectivity index (χ4n) is 3.74. The van der Waals surface area contributed by atoms with E-state index in [-0.39, 0.29) is 0 Å². The van der Waals surface area contributed by atoms with Crippen LogP contribution in [0.15, 0.2) is 121 Å². The van der Waals surface area contributed by atoms with Gasteiger partial charge < -0.3 is 15.4 Å². The number of nitrogen functional groups attached to an aromatic ring is 1. The monoisotopic (exact) mass is 402 g/mol. The average Bonchev–Trinajstić information content (AvgIpc) is 2.82. The Kier molecular flexibility index (Phi) is 4.99. The molecule has 0 heterocycles. The minimum Gasteiger partial charge on any atom is -0.457 e. The van der Waals surface area contributed by atoms with E-state index in [0.717, 1.165) is 39.3 Å². The highest BCUT2D eigenvalue weighted by Gasteiger charge is 2.15. The van der Waals surface area contributed by atoms with Crippen molar-refractivity contribution in [2.45, 2.75) is 0 Å². The molecule has 150 valence electrons. The Labute approximate surface area is 181 Å². The number of benzene rings is 5. The first kappa shape index (κ1) is 18.8. The molecule has 0 saturated heterocycles. The van der Waals surface area contributed by atoms with Crippen molar-refractivity contribution in [2.75, 3.05) is 10.6 Å². The van der Waals surface area contributed by atoms with E-state index in [1.807, 2.05) is 42.5 Å². The van der Waals surface area contributed by atoms with Gasteiger partial charge in [-0.25, -0.2) is 0 Å². The molecule has 0 amide bonds. The minimum atomic E-state index is 0.713. The second-order valence-corrected chi connectivity index (χ2v) is 7.34. The van der Waals surface area contributed by atoms with Crippen molar-refractivity contribution in [3.63, 3.8) is 0 Å². The summed E-state index contributed by atoms with van der Waals surface area (Å²) in [5.74, 6) is 1.55. The molecule has 31 heavy (non-hydrogen) atoms. The quantitative estimate of drug-likeness (QED) is 0.306. The zero-order chi connectivity index (χ0) is 21.0. The van der Waals surface area contributed by atoms with Crippen LogP contribution in [0.5, 0.6) is 11.5 Å². The molecule has 0 unspecified atom stereocenters. The minimum absolute atomic E-state index is 0.713. The molecule has 0 spiro atoms. The van der Waals surface area contributed by atoms with Crippen LogP contribution in [0.1, 0.15) is 0 Å². The summed E-state index contributed by atoms with van der Waals surface area (Å²) >= 11 is 0. The van der Waals surface area contributed by atoms with Gasteiger partial charge in [-0.15, -0.1) is 0 Å². The lowest BCUT2D eigenvalue weighted by Crippen LogP contribution is -2.09. The van der Waals surface area contributed by atoms with Crippen molar-refractivity contribution < 1.29 is 4.74 Å². The SMILES string of the molecule is Nc1ccc(Oc2cc(N(c3ccccc3)c3ccccc3)cc3ccccc23)cc1. The van der Waals surface area contributed by atoms with E-state index in [9.17, 15) is 0 Å². The zero-order valence-corrected chi connectivity index (χ0v) is 17.0. The van der Waals surface area contributed by atoms with E-state index in [1.54, 1.807) is 0 Å². The molecule has 0 aliphatic heterocycles. The molecule has 0 radical (unpaired) electrons. The molecule has 2 N–H and O–H groups in total. The summed E-state index contributed by atoms with van der Waals surface area (Å²) in [6.45, 7) is 0. The van der Waals surface area contributed by atoms with Crippen LogP contribution >= 0.6 is 0 Å². The number of rotatable bonds is 5. The molecule has 0 atom stereocenters. The van der Waals surface area contributed by atoms with Gasteiger partial charge in [-0.2, -0.15) is 0 Å². The zero-order valence-electron chi connectivity index (χ0n) is 17.0. The lowest BCUT2D eigenvalue weighted by molar-refractivity contribution is 0.488. The maximum Gasteiger partial charge on any atom is 0.137 e. The summed E-state index contributed by atoms with van der Waals surface area (Å²) in [5, 5.41) is 2.17. The topological polar surface area (TPSA) is 38.5 Å². The summed E-state index contributed by atoms with van der Waals surface area (Å²) in [6, 6.07) is 40.8. The third-order valence-corrected chi connectivity index (χ3v) is 5.20. The number of anilines is 4. The number of hydrogen-bond donors (Lipinski definition) is 1. The Morgan fingerprint density at radius 1 is 0.548 bits per heavy atom. The predicted octanol–water partition coefficient (Wildman–Crippen LogP) is 7.68. The van der Waals surface area contributed by atoms with E-state index < -0.39 is 0 Å². The number of nitrogens with two attached hydrogens (primary N) is 1. The maximum absolute atomic E-state index is 6.33. The van der Waals surface area contributed by atoms with Crippen molar-refractivity contribution in [3.8, 4) is 11.5 Å². The lowest BCUT2D eigenvalue weighted by atomic mass is 10.1. The number of ether oxygens (including phenoxy) is 1. The molecule has 5 rings (SSSR count). The Hall–Kier alpha value is -4.24. The fourth-order valence-corrected chi connectivity index (χ4v) is 3.74. The van der Waals surface area contributed by atoms with Crippen LogP contribution in [0.3, 0.4) is 0 Å². The van der Waals surface area contributed by atoms with Gasteiger partial charge in [0.1, 0.15) is 11.5 Å². The van der Waals surface area contributed by atoms with E-state index in [4.69, 9.17) is 10.5 Å². The Morgan fingerprint density at radius 2 is 1.13 bits per heavy atom. The molecule has 3 heteroatoms. The number of fused-ring (bicyclic) bond motifs is 1. The number of nitrogens with zero attached hydrogens (tertiary/aromatic N) is 1. The van der Waals surface area contributed by atoms with E-state index >= 15 is 0 Å². The Balaban J connectivity index is 1.68. The number of hydrogen-bond acceptors (Lipinski definition) is 3. The van der Waals surface area contributed by atoms with Crippen molar-refractivity contribution in [1.29, 1.82) is 0 Å². The first-order chi connectivity index (χ1) is 15.3. The molecule has 5 aromatic rings. The first-order valence-electron chi connectivity index (χ1n) is 10.2. The predicted molar refractivity (Wildman–Crippen MR) is 130 cm³/mol. The average molecular weight is 402 g/mol. The second-order valence-electron chi connectivity index (χ2n) is 7.34. The molecular formula is C28H22N2O. The summed E-state index contributed by atoms with van der Waals surface area (Å²) in [7, 11) is 0. The van der Waals surface area contributed by atoms with E-state index in [1.165, 1.54) is 0 Å². The van der Waals surface area contributed by atoms with Crippen LogP contribution in [-0.4, -0.2) is 0 Å². The van der Waals surface area contributed by atoms with Crippen molar-refractivity contribution in [2.24, 2.45) is 0 Å². The molecule has 0 fully saturated rings. The summed E-state index contributed by atoms with van der Waals surface area (Å²) in [6.07, 6.45) is 0. The lowest BCUT2D eigenvalue weighted by Gasteiger charge is -2.26. The number of para-hydroxylation sites is 2. The Morgan fingerprint density at radius 3 is 1.77 bits per heavy atom. The highest BCUT2D eigenvalue weighted by atomic mass is 16.5. The first-order valence-corrected chi connectivity index (χ1v) is 10.2. The largest absolute Gasteiger partial charge is 0.457 e.